The maximum absolute atomic E-state index is 15.3. The second-order valence-corrected chi connectivity index (χ2v) is 10.0. The minimum atomic E-state index is -0.538. The summed E-state index contributed by atoms with van der Waals surface area (Å²) >= 11 is 0. The van der Waals surface area contributed by atoms with Crippen LogP contribution in [-0.2, 0) is 22.7 Å². The number of hydrogen-bond acceptors (Lipinski definition) is 8. The van der Waals surface area contributed by atoms with Crippen LogP contribution in [0.25, 0.3) is 22.2 Å². The van der Waals surface area contributed by atoms with E-state index in [4.69, 9.17) is 9.47 Å². The molecule has 41 heavy (non-hydrogen) atoms. The maximum Gasteiger partial charge on any atom is 0.247 e. The van der Waals surface area contributed by atoms with E-state index in [9.17, 15) is 4.79 Å². The first-order chi connectivity index (χ1) is 19.8. The average molecular weight is 560 g/mol. The summed E-state index contributed by atoms with van der Waals surface area (Å²) in [6.45, 7) is 6.72. The SMILES string of the molecule is C=CC(=O)Nc1cc(Nc2ncc(F)c(-c3c4n(c5ccccc35)CCOC4)n2)c(OC)cc1N(C)CCN(C)C. The van der Waals surface area contributed by atoms with Crippen LogP contribution >= 0.6 is 0 Å². The molecule has 11 heteroatoms. The summed E-state index contributed by atoms with van der Waals surface area (Å²) in [7, 11) is 7.50. The Morgan fingerprint density at radius 1 is 1.22 bits per heavy atom. The third-order valence-corrected chi connectivity index (χ3v) is 7.06. The van der Waals surface area contributed by atoms with Gasteiger partial charge >= 0.3 is 0 Å². The Morgan fingerprint density at radius 3 is 2.78 bits per heavy atom. The fraction of sp³-hybridized carbons (Fsp3) is 0.300. The van der Waals surface area contributed by atoms with Gasteiger partial charge in [-0.1, -0.05) is 24.8 Å². The Labute approximate surface area is 238 Å². The second kappa shape index (κ2) is 11.9. The molecular formula is C30H34FN7O3. The van der Waals surface area contributed by atoms with Gasteiger partial charge in [-0.05, 0) is 32.3 Å². The molecule has 0 atom stereocenters. The van der Waals surface area contributed by atoms with Crippen molar-refractivity contribution in [2.45, 2.75) is 13.2 Å². The molecule has 1 aliphatic heterocycles. The lowest BCUT2D eigenvalue weighted by atomic mass is 10.1. The second-order valence-electron chi connectivity index (χ2n) is 10.0. The topological polar surface area (TPSA) is 96.8 Å². The van der Waals surface area contributed by atoms with E-state index in [0.29, 0.717) is 49.0 Å². The van der Waals surface area contributed by atoms with Gasteiger partial charge in [-0.15, -0.1) is 0 Å². The summed E-state index contributed by atoms with van der Waals surface area (Å²) in [5, 5.41) is 6.95. The molecule has 0 spiro atoms. The molecule has 214 valence electrons. The van der Waals surface area contributed by atoms with Gasteiger partial charge in [-0.3, -0.25) is 4.79 Å². The average Bonchev–Trinajstić information content (AvgIpc) is 3.31. The fourth-order valence-electron chi connectivity index (χ4n) is 4.98. The standard InChI is InChI=1S/C30H34FN7O3/c1-6-27(39)33-21-15-22(26(40-5)16-24(21)37(4)12-11-36(2)3)34-30-32-17-20(31)29(35-30)28-19-9-7-8-10-23(19)38-13-14-41-18-25(28)38/h6-10,15-17H,1,11-14,18H2,2-5H3,(H,33,39)(H,32,34,35). The Kier molecular flexibility index (Phi) is 8.18. The van der Waals surface area contributed by atoms with Crippen LogP contribution in [0.15, 0.2) is 55.3 Å². The third kappa shape index (κ3) is 5.72. The predicted molar refractivity (Wildman–Crippen MR) is 160 cm³/mol. The van der Waals surface area contributed by atoms with Crippen molar-refractivity contribution < 1.29 is 18.7 Å². The highest BCUT2D eigenvalue weighted by Gasteiger charge is 2.25. The maximum atomic E-state index is 15.3. The number of methoxy groups -OCH3 is 1. The predicted octanol–water partition coefficient (Wildman–Crippen LogP) is 4.64. The first-order valence-electron chi connectivity index (χ1n) is 13.3. The van der Waals surface area contributed by atoms with Gasteiger partial charge in [0, 0.05) is 49.2 Å². The van der Waals surface area contributed by atoms with E-state index >= 15 is 4.39 Å². The zero-order chi connectivity index (χ0) is 29.1. The van der Waals surface area contributed by atoms with Gasteiger partial charge in [0.05, 0.1) is 49.3 Å². The number of amides is 1. The lowest BCUT2D eigenvalue weighted by Crippen LogP contribution is -2.29. The molecule has 0 radical (unpaired) electrons. The van der Waals surface area contributed by atoms with Crippen molar-refractivity contribution in [1.82, 2.24) is 19.4 Å². The van der Waals surface area contributed by atoms with Crippen molar-refractivity contribution in [1.29, 1.82) is 0 Å². The number of nitrogens with one attached hydrogen (secondary N) is 2. The summed E-state index contributed by atoms with van der Waals surface area (Å²) in [5.74, 6) is -0.210. The van der Waals surface area contributed by atoms with Crippen molar-refractivity contribution in [2.75, 3.05) is 63.5 Å². The first-order valence-corrected chi connectivity index (χ1v) is 13.3. The van der Waals surface area contributed by atoms with Crippen LogP contribution in [0.4, 0.5) is 27.4 Å². The molecule has 0 saturated heterocycles. The quantitative estimate of drug-likeness (QED) is 0.271. The number of halogens is 1. The summed E-state index contributed by atoms with van der Waals surface area (Å²) in [6.07, 6.45) is 2.37. The van der Waals surface area contributed by atoms with E-state index in [1.165, 1.54) is 6.08 Å². The number of anilines is 4. The molecule has 0 bridgehead atoms. The van der Waals surface area contributed by atoms with Crippen LogP contribution in [0, 0.1) is 5.82 Å². The highest BCUT2D eigenvalue weighted by atomic mass is 19.1. The number of aromatic nitrogens is 3. The molecule has 3 heterocycles. The van der Waals surface area contributed by atoms with E-state index in [1.807, 2.05) is 56.4 Å². The monoisotopic (exact) mass is 559 g/mol. The van der Waals surface area contributed by atoms with E-state index in [2.05, 4.69) is 36.6 Å². The van der Waals surface area contributed by atoms with E-state index in [-0.39, 0.29) is 17.5 Å². The van der Waals surface area contributed by atoms with Crippen LogP contribution in [0.5, 0.6) is 5.75 Å². The van der Waals surface area contributed by atoms with E-state index in [1.54, 1.807) is 13.2 Å². The number of ether oxygens (including phenoxy) is 2. The van der Waals surface area contributed by atoms with Crippen LogP contribution in [-0.4, -0.2) is 73.3 Å². The number of fused-ring (bicyclic) bond motifs is 3. The number of para-hydroxylation sites is 1. The number of hydrogen-bond donors (Lipinski definition) is 2. The number of benzene rings is 2. The third-order valence-electron chi connectivity index (χ3n) is 7.06. The smallest absolute Gasteiger partial charge is 0.247 e. The molecule has 5 rings (SSSR count). The highest BCUT2D eigenvalue weighted by molar-refractivity contribution is 6.02. The lowest BCUT2D eigenvalue weighted by molar-refractivity contribution is -0.111. The van der Waals surface area contributed by atoms with Crippen LogP contribution in [0.2, 0.25) is 0 Å². The zero-order valence-electron chi connectivity index (χ0n) is 23.7. The van der Waals surface area contributed by atoms with Crippen molar-refractivity contribution in [3.8, 4) is 17.0 Å². The Hall–Kier alpha value is -4.48. The number of likely N-dealkylation sites (N-methyl/N-ethyl adjacent to an activating group) is 2. The van der Waals surface area contributed by atoms with Gasteiger partial charge in [-0.2, -0.15) is 0 Å². The summed E-state index contributed by atoms with van der Waals surface area (Å²) in [5.41, 5.74) is 4.55. The molecule has 0 fully saturated rings. The summed E-state index contributed by atoms with van der Waals surface area (Å²) in [6, 6.07) is 11.5. The molecule has 0 saturated carbocycles. The molecule has 2 N–H and O–H groups in total. The largest absolute Gasteiger partial charge is 0.494 e. The van der Waals surface area contributed by atoms with Crippen molar-refractivity contribution >= 4 is 39.8 Å². The molecule has 2 aromatic heterocycles. The summed E-state index contributed by atoms with van der Waals surface area (Å²) < 4.78 is 28.9. The van der Waals surface area contributed by atoms with Crippen molar-refractivity contribution in [3.63, 3.8) is 0 Å². The van der Waals surface area contributed by atoms with Crippen molar-refractivity contribution in [2.24, 2.45) is 0 Å². The van der Waals surface area contributed by atoms with Crippen molar-refractivity contribution in [3.05, 3.63) is 66.8 Å². The minimum Gasteiger partial charge on any atom is -0.494 e. The normalized spacial score (nSPS) is 12.7. The number of carbonyl (C=O) groups excluding carboxylic acids is 1. The lowest BCUT2D eigenvalue weighted by Gasteiger charge is -2.26. The number of rotatable bonds is 10. The van der Waals surface area contributed by atoms with Gasteiger partial charge in [0.2, 0.25) is 11.9 Å². The molecule has 1 aliphatic rings. The number of nitrogens with zero attached hydrogens (tertiary/aromatic N) is 5. The molecule has 4 aromatic rings. The Bertz CT molecular complexity index is 1600. The van der Waals surface area contributed by atoms with Crippen LogP contribution in [0.3, 0.4) is 0 Å². The van der Waals surface area contributed by atoms with Gasteiger partial charge in [0.1, 0.15) is 11.4 Å². The molecule has 10 nitrogen and oxygen atoms in total. The highest BCUT2D eigenvalue weighted by Crippen LogP contribution is 2.40. The van der Waals surface area contributed by atoms with E-state index < -0.39 is 5.82 Å². The van der Waals surface area contributed by atoms with Crippen LogP contribution < -0.4 is 20.3 Å². The number of carbonyl (C=O) groups is 1. The zero-order valence-corrected chi connectivity index (χ0v) is 23.7. The van der Waals surface area contributed by atoms with Gasteiger partial charge < -0.3 is 34.5 Å². The van der Waals surface area contributed by atoms with Gasteiger partial charge in [0.25, 0.3) is 0 Å². The van der Waals surface area contributed by atoms with E-state index in [0.717, 1.165) is 35.0 Å². The first kappa shape index (κ1) is 28.1. The van der Waals surface area contributed by atoms with Gasteiger partial charge in [-0.25, -0.2) is 14.4 Å². The summed E-state index contributed by atoms with van der Waals surface area (Å²) in [4.78, 5) is 25.2. The Morgan fingerprint density at radius 2 is 2.02 bits per heavy atom. The molecule has 1 amide bonds. The van der Waals surface area contributed by atoms with Gasteiger partial charge in [0.15, 0.2) is 5.82 Å². The molecule has 0 unspecified atom stereocenters. The Balaban J connectivity index is 1.56. The molecular weight excluding hydrogens is 525 g/mol. The van der Waals surface area contributed by atoms with Crippen LogP contribution in [0.1, 0.15) is 5.69 Å². The molecule has 2 aromatic carbocycles. The fourth-order valence-corrected chi connectivity index (χ4v) is 4.98. The molecule has 0 aliphatic carbocycles. The minimum absolute atomic E-state index is 0.176.